The minimum atomic E-state index is 0.938. The summed E-state index contributed by atoms with van der Waals surface area (Å²) in [6, 6.07) is 18.3. The third kappa shape index (κ3) is 1.81. The number of hydrogen-bond acceptors (Lipinski definition) is 2. The SMILES string of the molecule is Sc1c(-c2ccccc2)ncc2ccccc12. The number of rotatable bonds is 1. The zero-order valence-corrected chi connectivity index (χ0v) is 10.1. The molecule has 0 amide bonds. The van der Waals surface area contributed by atoms with Crippen molar-refractivity contribution in [2.75, 3.05) is 0 Å². The van der Waals surface area contributed by atoms with Crippen molar-refractivity contribution in [1.29, 1.82) is 0 Å². The van der Waals surface area contributed by atoms with Crippen LogP contribution in [0.3, 0.4) is 0 Å². The Morgan fingerprint density at radius 2 is 1.53 bits per heavy atom. The number of fused-ring (bicyclic) bond motifs is 1. The monoisotopic (exact) mass is 237 g/mol. The van der Waals surface area contributed by atoms with Crippen LogP contribution in [0.4, 0.5) is 0 Å². The van der Waals surface area contributed by atoms with Gasteiger partial charge in [-0.15, -0.1) is 12.6 Å². The van der Waals surface area contributed by atoms with Crippen LogP contribution in [0.5, 0.6) is 0 Å². The molecule has 0 unspecified atom stereocenters. The van der Waals surface area contributed by atoms with Crippen LogP contribution in [-0.4, -0.2) is 4.98 Å². The average Bonchev–Trinajstić information content (AvgIpc) is 2.40. The number of thiol groups is 1. The maximum atomic E-state index is 4.61. The highest BCUT2D eigenvalue weighted by atomic mass is 32.1. The van der Waals surface area contributed by atoms with Crippen molar-refractivity contribution >= 4 is 23.4 Å². The van der Waals surface area contributed by atoms with E-state index in [4.69, 9.17) is 0 Å². The minimum Gasteiger partial charge on any atom is -0.254 e. The molecule has 0 N–H and O–H groups in total. The van der Waals surface area contributed by atoms with Gasteiger partial charge in [-0.25, -0.2) is 0 Å². The first-order valence-corrected chi connectivity index (χ1v) is 5.93. The normalized spacial score (nSPS) is 10.6. The molecule has 0 bridgehead atoms. The van der Waals surface area contributed by atoms with Crippen molar-refractivity contribution in [3.63, 3.8) is 0 Å². The fourth-order valence-electron chi connectivity index (χ4n) is 1.96. The second-order valence-electron chi connectivity index (χ2n) is 3.91. The van der Waals surface area contributed by atoms with Crippen LogP contribution in [-0.2, 0) is 0 Å². The van der Waals surface area contributed by atoms with Crippen LogP contribution in [0.2, 0.25) is 0 Å². The van der Waals surface area contributed by atoms with Crippen molar-refractivity contribution < 1.29 is 0 Å². The molecule has 0 saturated carbocycles. The standard InChI is InChI=1S/C15H11NS/c17-15-13-9-5-4-8-12(13)10-16-14(15)11-6-2-1-3-7-11/h1-10,17H. The molecule has 0 aliphatic heterocycles. The van der Waals surface area contributed by atoms with Crippen molar-refractivity contribution in [2.45, 2.75) is 4.90 Å². The fraction of sp³-hybridized carbons (Fsp3) is 0. The Morgan fingerprint density at radius 1 is 0.824 bits per heavy atom. The van der Waals surface area contributed by atoms with Crippen LogP contribution in [0.15, 0.2) is 65.7 Å². The predicted molar refractivity (Wildman–Crippen MR) is 74.4 cm³/mol. The second kappa shape index (κ2) is 4.22. The van der Waals surface area contributed by atoms with Gasteiger partial charge < -0.3 is 0 Å². The van der Waals surface area contributed by atoms with E-state index in [1.807, 2.05) is 36.5 Å². The summed E-state index contributed by atoms with van der Waals surface area (Å²) >= 11 is 4.61. The summed E-state index contributed by atoms with van der Waals surface area (Å²) in [7, 11) is 0. The van der Waals surface area contributed by atoms with Crippen LogP contribution in [0.1, 0.15) is 0 Å². The molecule has 1 aromatic heterocycles. The van der Waals surface area contributed by atoms with E-state index >= 15 is 0 Å². The highest BCUT2D eigenvalue weighted by Crippen LogP contribution is 2.30. The van der Waals surface area contributed by atoms with Gasteiger partial charge in [0.25, 0.3) is 0 Å². The Balaban J connectivity index is 2.29. The summed E-state index contributed by atoms with van der Waals surface area (Å²) in [5.74, 6) is 0. The molecule has 0 aliphatic rings. The first kappa shape index (κ1) is 10.4. The number of aromatic nitrogens is 1. The maximum absolute atomic E-state index is 4.61. The molecule has 0 spiro atoms. The van der Waals surface area contributed by atoms with Gasteiger partial charge in [0.2, 0.25) is 0 Å². The third-order valence-corrected chi connectivity index (χ3v) is 3.27. The smallest absolute Gasteiger partial charge is 0.0841 e. The van der Waals surface area contributed by atoms with Crippen molar-refractivity contribution in [3.8, 4) is 11.3 Å². The number of nitrogens with zero attached hydrogens (tertiary/aromatic N) is 1. The summed E-state index contributed by atoms with van der Waals surface area (Å²) in [6.45, 7) is 0. The summed E-state index contributed by atoms with van der Waals surface area (Å²) in [5, 5.41) is 2.27. The Hall–Kier alpha value is -1.80. The molecule has 2 heteroatoms. The zero-order valence-electron chi connectivity index (χ0n) is 9.17. The van der Waals surface area contributed by atoms with E-state index < -0.39 is 0 Å². The molecule has 82 valence electrons. The quantitative estimate of drug-likeness (QED) is 0.626. The van der Waals surface area contributed by atoms with Gasteiger partial charge in [-0.2, -0.15) is 0 Å². The van der Waals surface area contributed by atoms with Gasteiger partial charge in [0.15, 0.2) is 0 Å². The van der Waals surface area contributed by atoms with E-state index in [1.165, 1.54) is 0 Å². The topological polar surface area (TPSA) is 12.9 Å². The van der Waals surface area contributed by atoms with Gasteiger partial charge in [-0.1, -0.05) is 54.6 Å². The van der Waals surface area contributed by atoms with E-state index in [9.17, 15) is 0 Å². The molecule has 1 nitrogen and oxygen atoms in total. The zero-order chi connectivity index (χ0) is 11.7. The lowest BCUT2D eigenvalue weighted by Gasteiger charge is -2.07. The van der Waals surface area contributed by atoms with Gasteiger partial charge in [-0.05, 0) is 5.39 Å². The highest BCUT2D eigenvalue weighted by molar-refractivity contribution is 7.80. The van der Waals surface area contributed by atoms with Gasteiger partial charge in [0, 0.05) is 22.0 Å². The predicted octanol–water partition coefficient (Wildman–Crippen LogP) is 4.19. The Bertz CT molecular complexity index is 662. The molecule has 17 heavy (non-hydrogen) atoms. The molecule has 0 saturated heterocycles. The largest absolute Gasteiger partial charge is 0.254 e. The van der Waals surface area contributed by atoms with Gasteiger partial charge in [-0.3, -0.25) is 4.98 Å². The molecule has 3 aromatic rings. The molecule has 0 aliphatic carbocycles. The maximum Gasteiger partial charge on any atom is 0.0841 e. The van der Waals surface area contributed by atoms with Crippen molar-refractivity contribution in [1.82, 2.24) is 4.98 Å². The fourth-order valence-corrected chi connectivity index (χ4v) is 2.35. The van der Waals surface area contributed by atoms with E-state index in [1.54, 1.807) is 0 Å². The molecule has 1 heterocycles. The lowest BCUT2D eigenvalue weighted by Crippen LogP contribution is -1.87. The summed E-state index contributed by atoms with van der Waals surface area (Å²) in [5.41, 5.74) is 2.04. The lowest BCUT2D eigenvalue weighted by molar-refractivity contribution is 1.29. The van der Waals surface area contributed by atoms with E-state index in [0.717, 1.165) is 26.9 Å². The summed E-state index contributed by atoms with van der Waals surface area (Å²) in [6.07, 6.45) is 1.90. The van der Waals surface area contributed by atoms with E-state index in [2.05, 4.69) is 41.9 Å². The van der Waals surface area contributed by atoms with Crippen LogP contribution >= 0.6 is 12.6 Å². The summed E-state index contributed by atoms with van der Waals surface area (Å²) in [4.78, 5) is 5.44. The molecule has 2 aromatic carbocycles. The van der Waals surface area contributed by atoms with Crippen LogP contribution in [0, 0.1) is 0 Å². The van der Waals surface area contributed by atoms with Crippen LogP contribution in [0.25, 0.3) is 22.0 Å². The van der Waals surface area contributed by atoms with Crippen molar-refractivity contribution in [2.24, 2.45) is 0 Å². The first-order chi connectivity index (χ1) is 8.36. The van der Waals surface area contributed by atoms with Crippen LogP contribution < -0.4 is 0 Å². The average molecular weight is 237 g/mol. The molecule has 0 radical (unpaired) electrons. The lowest BCUT2D eigenvalue weighted by atomic mass is 10.1. The molecular formula is C15H11NS. The number of pyridine rings is 1. The number of hydrogen-bond donors (Lipinski definition) is 1. The van der Waals surface area contributed by atoms with Gasteiger partial charge >= 0.3 is 0 Å². The Morgan fingerprint density at radius 3 is 2.35 bits per heavy atom. The second-order valence-corrected chi connectivity index (χ2v) is 4.36. The third-order valence-electron chi connectivity index (χ3n) is 2.82. The Kier molecular flexibility index (Phi) is 2.57. The van der Waals surface area contributed by atoms with E-state index in [0.29, 0.717) is 0 Å². The molecule has 0 fully saturated rings. The molecule has 3 rings (SSSR count). The molecule has 0 atom stereocenters. The highest BCUT2D eigenvalue weighted by Gasteiger charge is 2.06. The summed E-state index contributed by atoms with van der Waals surface area (Å²) < 4.78 is 0. The van der Waals surface area contributed by atoms with E-state index in [-0.39, 0.29) is 0 Å². The van der Waals surface area contributed by atoms with Crippen molar-refractivity contribution in [3.05, 3.63) is 60.8 Å². The first-order valence-electron chi connectivity index (χ1n) is 5.48. The van der Waals surface area contributed by atoms with Gasteiger partial charge in [0.1, 0.15) is 0 Å². The Labute approximate surface area is 106 Å². The van der Waals surface area contributed by atoms with Gasteiger partial charge in [0.05, 0.1) is 5.69 Å². The minimum absolute atomic E-state index is 0.938. The number of benzene rings is 2. The molecular weight excluding hydrogens is 226 g/mol.